The lowest BCUT2D eigenvalue weighted by molar-refractivity contribution is 0.506. The van der Waals surface area contributed by atoms with Gasteiger partial charge >= 0.3 is 0 Å². The lowest BCUT2D eigenvalue weighted by atomic mass is 10.2. The molecule has 0 saturated carbocycles. The number of rotatable bonds is 5. The first kappa shape index (κ1) is 12.9. The zero-order chi connectivity index (χ0) is 13.0. The van der Waals surface area contributed by atoms with Crippen LogP contribution in [0.25, 0.3) is 0 Å². The summed E-state index contributed by atoms with van der Waals surface area (Å²) in [5.41, 5.74) is 0.920. The highest BCUT2D eigenvalue weighted by atomic mass is 32.2. The third-order valence-electron chi connectivity index (χ3n) is 2.54. The first-order chi connectivity index (χ1) is 8.58. The highest BCUT2D eigenvalue weighted by molar-refractivity contribution is 7.89. The van der Waals surface area contributed by atoms with Crippen LogP contribution in [-0.2, 0) is 16.4 Å². The van der Waals surface area contributed by atoms with E-state index in [1.165, 1.54) is 0 Å². The zero-order valence-corrected chi connectivity index (χ0v) is 10.9. The normalized spacial score (nSPS) is 11.6. The van der Waals surface area contributed by atoms with Gasteiger partial charge in [-0.2, -0.15) is 0 Å². The number of hydrogen-bond donors (Lipinski definition) is 1. The molecule has 1 N–H and O–H groups in total. The minimum Gasteiger partial charge on any atom is -0.469 e. The van der Waals surface area contributed by atoms with Crippen LogP contribution < -0.4 is 4.72 Å². The monoisotopic (exact) mass is 265 g/mol. The topological polar surface area (TPSA) is 59.3 Å². The largest absolute Gasteiger partial charge is 0.469 e. The first-order valence-corrected chi connectivity index (χ1v) is 7.15. The van der Waals surface area contributed by atoms with E-state index in [0.29, 0.717) is 17.9 Å². The maximum Gasteiger partial charge on any atom is 0.240 e. The summed E-state index contributed by atoms with van der Waals surface area (Å²) < 4.78 is 31.6. The van der Waals surface area contributed by atoms with Crippen molar-refractivity contribution in [3.8, 4) is 0 Å². The molecule has 1 aromatic carbocycles. The lowest BCUT2D eigenvalue weighted by Crippen LogP contribution is -2.25. The smallest absolute Gasteiger partial charge is 0.240 e. The minimum atomic E-state index is -3.43. The van der Waals surface area contributed by atoms with Gasteiger partial charge < -0.3 is 4.42 Å². The van der Waals surface area contributed by atoms with Gasteiger partial charge in [-0.05, 0) is 36.8 Å². The van der Waals surface area contributed by atoms with E-state index in [1.807, 2.05) is 19.1 Å². The Labute approximate surface area is 107 Å². The molecule has 5 heteroatoms. The second-order valence-corrected chi connectivity index (χ2v) is 5.81. The van der Waals surface area contributed by atoms with Crippen molar-refractivity contribution in [1.82, 2.24) is 4.72 Å². The molecule has 1 heterocycles. The maximum atomic E-state index is 12.0. The van der Waals surface area contributed by atoms with Crippen LogP contribution in [0.1, 0.15) is 11.3 Å². The van der Waals surface area contributed by atoms with Gasteiger partial charge in [0.15, 0.2) is 0 Å². The molecule has 0 radical (unpaired) electrons. The van der Waals surface area contributed by atoms with Crippen molar-refractivity contribution in [2.75, 3.05) is 6.54 Å². The summed E-state index contributed by atoms with van der Waals surface area (Å²) in [4.78, 5) is 0.293. The Morgan fingerprint density at radius 1 is 1.22 bits per heavy atom. The molecule has 2 aromatic rings. The first-order valence-electron chi connectivity index (χ1n) is 5.67. The summed E-state index contributed by atoms with van der Waals surface area (Å²) in [6, 6.07) is 10.4. The third kappa shape index (κ3) is 3.21. The lowest BCUT2D eigenvalue weighted by Gasteiger charge is -2.06. The fraction of sp³-hybridized carbons (Fsp3) is 0.231. The van der Waals surface area contributed by atoms with Gasteiger partial charge in [0.05, 0.1) is 11.2 Å². The van der Waals surface area contributed by atoms with E-state index in [4.69, 9.17) is 4.42 Å². The highest BCUT2D eigenvalue weighted by Crippen LogP contribution is 2.10. The van der Waals surface area contributed by atoms with Crippen LogP contribution in [0, 0.1) is 6.92 Å². The van der Waals surface area contributed by atoms with Crippen molar-refractivity contribution in [2.45, 2.75) is 18.2 Å². The van der Waals surface area contributed by atoms with Gasteiger partial charge in [0.2, 0.25) is 10.0 Å². The molecular formula is C13H15NO3S. The van der Waals surface area contributed by atoms with E-state index in [0.717, 1.165) is 11.3 Å². The number of hydrogen-bond acceptors (Lipinski definition) is 3. The summed E-state index contributed by atoms with van der Waals surface area (Å²) in [6.07, 6.45) is 2.11. The van der Waals surface area contributed by atoms with Crippen LogP contribution in [0.2, 0.25) is 0 Å². The molecule has 0 spiro atoms. The fourth-order valence-electron chi connectivity index (χ4n) is 1.63. The molecule has 4 nitrogen and oxygen atoms in total. The highest BCUT2D eigenvalue weighted by Gasteiger charge is 2.13. The summed E-state index contributed by atoms with van der Waals surface area (Å²) in [5, 5.41) is 0. The van der Waals surface area contributed by atoms with Gasteiger partial charge in [-0.3, -0.25) is 0 Å². The summed E-state index contributed by atoms with van der Waals surface area (Å²) in [7, 11) is -3.43. The predicted molar refractivity (Wildman–Crippen MR) is 68.8 cm³/mol. The summed E-state index contributed by atoms with van der Waals surface area (Å²) >= 11 is 0. The fourth-order valence-corrected chi connectivity index (χ4v) is 2.77. The third-order valence-corrected chi connectivity index (χ3v) is 4.00. The molecule has 0 aliphatic carbocycles. The minimum absolute atomic E-state index is 0.293. The Morgan fingerprint density at radius 3 is 2.72 bits per heavy atom. The van der Waals surface area contributed by atoms with Crippen molar-refractivity contribution in [2.24, 2.45) is 0 Å². The predicted octanol–water partition coefficient (Wildman–Crippen LogP) is 2.11. The Bertz CT molecular complexity index is 603. The number of furan rings is 1. The van der Waals surface area contributed by atoms with Crippen molar-refractivity contribution >= 4 is 10.0 Å². The molecule has 0 saturated heterocycles. The van der Waals surface area contributed by atoms with Gasteiger partial charge in [-0.25, -0.2) is 13.1 Å². The zero-order valence-electron chi connectivity index (χ0n) is 10.1. The van der Waals surface area contributed by atoms with Crippen molar-refractivity contribution in [3.05, 3.63) is 54.0 Å². The molecule has 0 bridgehead atoms. The second-order valence-electron chi connectivity index (χ2n) is 4.04. The van der Waals surface area contributed by atoms with Gasteiger partial charge in [0, 0.05) is 13.0 Å². The average Bonchev–Trinajstić information content (AvgIpc) is 2.82. The molecule has 0 atom stereocenters. The summed E-state index contributed by atoms with van der Waals surface area (Å²) in [5.74, 6) is 0.766. The van der Waals surface area contributed by atoms with Crippen LogP contribution in [0.5, 0.6) is 0 Å². The maximum absolute atomic E-state index is 12.0. The van der Waals surface area contributed by atoms with Crippen molar-refractivity contribution in [1.29, 1.82) is 0 Å². The van der Waals surface area contributed by atoms with Gasteiger partial charge in [0.25, 0.3) is 0 Å². The quantitative estimate of drug-likeness (QED) is 0.900. The molecule has 0 amide bonds. The van der Waals surface area contributed by atoms with Crippen LogP contribution in [0.4, 0.5) is 0 Å². The number of sulfonamides is 1. The van der Waals surface area contributed by atoms with E-state index in [-0.39, 0.29) is 0 Å². The molecule has 0 unspecified atom stereocenters. The van der Waals surface area contributed by atoms with Crippen LogP contribution in [-0.4, -0.2) is 15.0 Å². The van der Waals surface area contributed by atoms with E-state index in [1.54, 1.807) is 30.5 Å². The Morgan fingerprint density at radius 2 is 2.06 bits per heavy atom. The van der Waals surface area contributed by atoms with Crippen molar-refractivity contribution < 1.29 is 12.8 Å². The standard InChI is InChI=1S/C13H15NO3S/c1-11-4-2-6-13(10-11)18(15,16)14-8-7-12-5-3-9-17-12/h2-6,9-10,14H,7-8H2,1H3. The molecule has 1 aromatic heterocycles. The van der Waals surface area contributed by atoms with Crippen molar-refractivity contribution in [3.63, 3.8) is 0 Å². The number of aryl methyl sites for hydroxylation is 1. The van der Waals surface area contributed by atoms with Gasteiger partial charge in [-0.1, -0.05) is 12.1 Å². The van der Waals surface area contributed by atoms with Gasteiger partial charge in [0.1, 0.15) is 5.76 Å². The Balaban J connectivity index is 1.99. The Hall–Kier alpha value is -1.59. The van der Waals surface area contributed by atoms with Crippen LogP contribution in [0.3, 0.4) is 0 Å². The average molecular weight is 265 g/mol. The molecule has 0 aliphatic rings. The molecule has 96 valence electrons. The van der Waals surface area contributed by atoms with Gasteiger partial charge in [-0.15, -0.1) is 0 Å². The van der Waals surface area contributed by atoms with E-state index in [2.05, 4.69) is 4.72 Å². The van der Waals surface area contributed by atoms with E-state index < -0.39 is 10.0 Å². The molecule has 0 fully saturated rings. The molecule has 2 rings (SSSR count). The number of nitrogens with one attached hydrogen (secondary N) is 1. The SMILES string of the molecule is Cc1cccc(S(=O)(=O)NCCc2ccco2)c1. The number of benzene rings is 1. The Kier molecular flexibility index (Phi) is 3.84. The summed E-state index contributed by atoms with van der Waals surface area (Å²) in [6.45, 7) is 2.19. The molecule has 18 heavy (non-hydrogen) atoms. The second kappa shape index (κ2) is 5.37. The van der Waals surface area contributed by atoms with E-state index >= 15 is 0 Å². The van der Waals surface area contributed by atoms with Crippen LogP contribution in [0.15, 0.2) is 52.0 Å². The van der Waals surface area contributed by atoms with E-state index in [9.17, 15) is 8.42 Å². The van der Waals surface area contributed by atoms with Crippen LogP contribution >= 0.6 is 0 Å². The molecule has 0 aliphatic heterocycles. The molecular weight excluding hydrogens is 250 g/mol.